The van der Waals surface area contributed by atoms with Crippen molar-refractivity contribution in [1.82, 2.24) is 5.32 Å². The molecule has 148 valence electrons. The van der Waals surface area contributed by atoms with Crippen LogP contribution in [0.3, 0.4) is 0 Å². The summed E-state index contributed by atoms with van der Waals surface area (Å²) in [7, 11) is 0. The molecule has 2 unspecified atom stereocenters. The fourth-order valence-corrected chi connectivity index (χ4v) is 2.62. The number of aliphatic hydroxyl groups is 1. The van der Waals surface area contributed by atoms with Gasteiger partial charge in [-0.2, -0.15) is 0 Å². The number of aliphatic hydroxyl groups excluding tert-OH is 1. The Morgan fingerprint density at radius 3 is 2.48 bits per heavy atom. The van der Waals surface area contributed by atoms with Crippen molar-refractivity contribution in [3.63, 3.8) is 0 Å². The molecule has 2 atom stereocenters. The molecule has 0 aliphatic carbocycles. The van der Waals surface area contributed by atoms with Crippen LogP contribution in [0.4, 0.5) is 0 Å². The number of oxime groups is 1. The van der Waals surface area contributed by atoms with Gasteiger partial charge in [-0.05, 0) is 49.9 Å². The average molecular weight is 411 g/mol. The summed E-state index contributed by atoms with van der Waals surface area (Å²) in [6, 6.07) is 18.1. The van der Waals surface area contributed by atoms with E-state index in [1.807, 2.05) is 37.3 Å². The molecule has 0 fully saturated rings. The molecule has 0 amide bonds. The van der Waals surface area contributed by atoms with Gasteiger partial charge in [-0.25, -0.2) is 0 Å². The second-order valence-electron chi connectivity index (χ2n) is 6.47. The monoisotopic (exact) mass is 410 g/mol. The average Bonchev–Trinajstić information content (AvgIpc) is 2.66. The minimum Gasteiger partial charge on any atom is -0.393 e. The zero-order valence-electron chi connectivity index (χ0n) is 15.8. The highest BCUT2D eigenvalue weighted by Crippen LogP contribution is 2.10. The number of halogens is 2. The van der Waals surface area contributed by atoms with Gasteiger partial charge in [0.1, 0.15) is 12.7 Å². The molecule has 4 nitrogen and oxygen atoms in total. The second kappa shape index (κ2) is 12.7. The minimum absolute atomic E-state index is 0. The molecule has 2 aromatic rings. The summed E-state index contributed by atoms with van der Waals surface area (Å²) in [6.45, 7) is 4.62. The lowest BCUT2D eigenvalue weighted by molar-refractivity contribution is 0.0391. The molecule has 0 aliphatic heterocycles. The van der Waals surface area contributed by atoms with Gasteiger partial charge in [0.25, 0.3) is 0 Å². The van der Waals surface area contributed by atoms with Crippen molar-refractivity contribution in [2.24, 2.45) is 5.16 Å². The van der Waals surface area contributed by atoms with E-state index in [-0.39, 0.29) is 19.0 Å². The first-order valence-corrected chi connectivity index (χ1v) is 9.30. The molecule has 2 N–H and O–H groups in total. The fourth-order valence-electron chi connectivity index (χ4n) is 2.49. The molecular weight excluding hydrogens is 383 g/mol. The molecule has 0 aliphatic rings. The normalized spacial score (nSPS) is 13.6. The van der Waals surface area contributed by atoms with Crippen LogP contribution in [0.1, 0.15) is 31.4 Å². The van der Waals surface area contributed by atoms with E-state index in [1.54, 1.807) is 0 Å². The third-order valence-electron chi connectivity index (χ3n) is 4.14. The second-order valence-corrected chi connectivity index (χ2v) is 6.90. The van der Waals surface area contributed by atoms with Crippen molar-refractivity contribution in [2.75, 3.05) is 13.2 Å². The van der Waals surface area contributed by atoms with Crippen molar-refractivity contribution < 1.29 is 9.94 Å². The van der Waals surface area contributed by atoms with Gasteiger partial charge >= 0.3 is 0 Å². The van der Waals surface area contributed by atoms with E-state index in [2.05, 4.69) is 41.7 Å². The number of aryl methyl sites for hydroxylation is 1. The molecule has 0 radical (unpaired) electrons. The summed E-state index contributed by atoms with van der Waals surface area (Å²) in [4.78, 5) is 5.27. The van der Waals surface area contributed by atoms with Gasteiger partial charge in [-0.1, -0.05) is 59.2 Å². The maximum absolute atomic E-state index is 10.0. The maximum Gasteiger partial charge on any atom is 0.144 e. The number of hydrogen-bond acceptors (Lipinski definition) is 4. The highest BCUT2D eigenvalue weighted by Gasteiger charge is 2.08. The smallest absolute Gasteiger partial charge is 0.144 e. The minimum atomic E-state index is -0.601. The van der Waals surface area contributed by atoms with Crippen LogP contribution in [0.25, 0.3) is 0 Å². The molecule has 2 rings (SSSR count). The van der Waals surface area contributed by atoms with Crippen molar-refractivity contribution in [3.05, 3.63) is 70.7 Å². The Morgan fingerprint density at radius 2 is 1.81 bits per heavy atom. The van der Waals surface area contributed by atoms with E-state index in [4.69, 9.17) is 16.4 Å². The number of nitrogens with one attached hydrogen (secondary N) is 1. The Bertz CT molecular complexity index is 678. The highest BCUT2D eigenvalue weighted by atomic mass is 35.5. The molecular formula is C21H28Cl2N2O2. The zero-order chi connectivity index (χ0) is 18.8. The lowest BCUT2D eigenvalue weighted by Crippen LogP contribution is -2.36. The molecule has 0 bridgehead atoms. The molecule has 0 heterocycles. The lowest BCUT2D eigenvalue weighted by atomic mass is 10.1. The van der Waals surface area contributed by atoms with Gasteiger partial charge < -0.3 is 15.3 Å². The van der Waals surface area contributed by atoms with Gasteiger partial charge in [-0.3, -0.25) is 0 Å². The summed E-state index contributed by atoms with van der Waals surface area (Å²) in [6.07, 6.45) is 1.44. The van der Waals surface area contributed by atoms with Crippen molar-refractivity contribution in [3.8, 4) is 0 Å². The quantitative estimate of drug-likeness (QED) is 0.448. The molecule has 27 heavy (non-hydrogen) atoms. The standard InChI is InChI=1S/C21H27ClN2O2.ClH/c1-16(8-9-18-6-4-3-5-7-18)23-14-21(25)15-26-24-17(2)19-10-12-20(22)13-11-19;/h3-7,10-13,16,21,23,25H,8-9,14-15H2,1-2H3;1H/b24-17+;. The van der Waals surface area contributed by atoms with Crippen LogP contribution < -0.4 is 5.32 Å². The number of rotatable bonds is 10. The van der Waals surface area contributed by atoms with Crippen molar-refractivity contribution >= 4 is 29.7 Å². The number of nitrogens with zero attached hydrogens (tertiary/aromatic N) is 1. The Balaban J connectivity index is 0.00000364. The van der Waals surface area contributed by atoms with Gasteiger partial charge in [0, 0.05) is 17.6 Å². The largest absolute Gasteiger partial charge is 0.393 e. The van der Waals surface area contributed by atoms with Crippen LogP contribution in [0.15, 0.2) is 59.8 Å². The van der Waals surface area contributed by atoms with Crippen LogP contribution in [0, 0.1) is 0 Å². The Morgan fingerprint density at radius 1 is 1.15 bits per heavy atom. The molecule has 2 aromatic carbocycles. The lowest BCUT2D eigenvalue weighted by Gasteiger charge is -2.16. The van der Waals surface area contributed by atoms with Crippen LogP contribution in [-0.2, 0) is 11.3 Å². The maximum atomic E-state index is 10.0. The van der Waals surface area contributed by atoms with E-state index in [0.717, 1.165) is 24.1 Å². The topological polar surface area (TPSA) is 53.9 Å². The zero-order valence-corrected chi connectivity index (χ0v) is 17.3. The summed E-state index contributed by atoms with van der Waals surface area (Å²) in [5.41, 5.74) is 3.02. The first-order chi connectivity index (χ1) is 12.5. The summed E-state index contributed by atoms with van der Waals surface area (Å²) in [5.74, 6) is 0. The van der Waals surface area contributed by atoms with E-state index in [1.165, 1.54) is 5.56 Å². The van der Waals surface area contributed by atoms with Crippen molar-refractivity contribution in [1.29, 1.82) is 0 Å². The molecule has 6 heteroatoms. The van der Waals surface area contributed by atoms with Gasteiger partial charge in [0.2, 0.25) is 0 Å². The van der Waals surface area contributed by atoms with Crippen LogP contribution in [0.5, 0.6) is 0 Å². The van der Waals surface area contributed by atoms with E-state index >= 15 is 0 Å². The predicted octanol–water partition coefficient (Wildman–Crippen LogP) is 4.47. The number of benzene rings is 2. The molecule has 0 saturated carbocycles. The van der Waals surface area contributed by atoms with Crippen LogP contribution in [-0.4, -0.2) is 36.1 Å². The third kappa shape index (κ3) is 9.25. The van der Waals surface area contributed by atoms with Crippen molar-refractivity contribution in [2.45, 2.75) is 38.8 Å². The Labute approximate surface area is 173 Å². The first-order valence-electron chi connectivity index (χ1n) is 8.92. The molecule has 0 saturated heterocycles. The van der Waals surface area contributed by atoms with Gasteiger partial charge in [0.15, 0.2) is 0 Å². The highest BCUT2D eigenvalue weighted by molar-refractivity contribution is 6.30. The Kier molecular flexibility index (Phi) is 11.1. The summed E-state index contributed by atoms with van der Waals surface area (Å²) >= 11 is 5.87. The van der Waals surface area contributed by atoms with Crippen LogP contribution in [0.2, 0.25) is 5.02 Å². The van der Waals surface area contributed by atoms with E-state index in [0.29, 0.717) is 17.6 Å². The number of hydrogen-bond donors (Lipinski definition) is 2. The predicted molar refractivity (Wildman–Crippen MR) is 115 cm³/mol. The van der Waals surface area contributed by atoms with Gasteiger partial charge in [0.05, 0.1) is 5.71 Å². The van der Waals surface area contributed by atoms with E-state index < -0.39 is 6.10 Å². The first kappa shape index (κ1) is 23.4. The van der Waals surface area contributed by atoms with Gasteiger partial charge in [-0.15, -0.1) is 12.4 Å². The Hall–Kier alpha value is -1.59. The fraction of sp³-hybridized carbons (Fsp3) is 0.381. The molecule has 0 aromatic heterocycles. The van der Waals surface area contributed by atoms with E-state index in [9.17, 15) is 5.11 Å². The SMILES string of the molecule is C/C(=N\OCC(O)CNC(C)CCc1ccccc1)c1ccc(Cl)cc1.Cl. The summed E-state index contributed by atoms with van der Waals surface area (Å²) in [5, 5.41) is 18.1. The third-order valence-corrected chi connectivity index (χ3v) is 4.39. The van der Waals surface area contributed by atoms with Crippen LogP contribution >= 0.6 is 24.0 Å². The molecule has 0 spiro atoms. The summed E-state index contributed by atoms with van der Waals surface area (Å²) < 4.78 is 0.